The molecule has 2 unspecified atom stereocenters. The first-order valence-corrected chi connectivity index (χ1v) is 9.88. The molecule has 0 amide bonds. The van der Waals surface area contributed by atoms with Crippen molar-refractivity contribution >= 4 is 5.69 Å². The van der Waals surface area contributed by atoms with Crippen molar-refractivity contribution in [1.29, 1.82) is 0 Å². The van der Waals surface area contributed by atoms with E-state index in [0.29, 0.717) is 12.4 Å². The number of H-pyrrole nitrogens is 1. The third-order valence-electron chi connectivity index (χ3n) is 5.15. The number of aromatic nitrogens is 3. The normalized spacial score (nSPS) is 17.7. The molecule has 0 radical (unpaired) electrons. The Kier molecular flexibility index (Phi) is 6.01. The van der Waals surface area contributed by atoms with Gasteiger partial charge in [0.25, 0.3) is 0 Å². The molecule has 1 fully saturated rings. The molecule has 0 saturated carbocycles. The van der Waals surface area contributed by atoms with Crippen LogP contribution in [-0.2, 0) is 0 Å². The number of benzene rings is 2. The van der Waals surface area contributed by atoms with Gasteiger partial charge in [-0.05, 0) is 25.5 Å². The van der Waals surface area contributed by atoms with Crippen LogP contribution >= 0.6 is 0 Å². The number of hydrogen-bond donors (Lipinski definition) is 2. The van der Waals surface area contributed by atoms with Gasteiger partial charge in [-0.2, -0.15) is 5.10 Å². The van der Waals surface area contributed by atoms with Gasteiger partial charge in [0.2, 0.25) is 0 Å². The van der Waals surface area contributed by atoms with E-state index in [4.69, 9.17) is 4.74 Å². The van der Waals surface area contributed by atoms with Crippen LogP contribution in [0.5, 0.6) is 5.75 Å². The van der Waals surface area contributed by atoms with Gasteiger partial charge in [0, 0.05) is 18.2 Å². The van der Waals surface area contributed by atoms with E-state index in [2.05, 4.69) is 20.1 Å². The summed E-state index contributed by atoms with van der Waals surface area (Å²) in [5, 5.41) is 28.9. The molecule has 30 heavy (non-hydrogen) atoms. The average Bonchev–Trinajstić information content (AvgIpc) is 3.42. The van der Waals surface area contributed by atoms with E-state index in [1.807, 2.05) is 30.3 Å². The Balaban J connectivity index is 1.37. The Morgan fingerprint density at radius 1 is 1.23 bits per heavy atom. The zero-order valence-electron chi connectivity index (χ0n) is 16.3. The minimum Gasteiger partial charge on any atom is -0.484 e. The Hall–Kier alpha value is -3.30. The van der Waals surface area contributed by atoms with Crippen molar-refractivity contribution in [2.45, 2.75) is 25.0 Å². The van der Waals surface area contributed by atoms with Gasteiger partial charge in [-0.3, -0.25) is 20.1 Å². The molecule has 2 N–H and O–H groups in total. The number of likely N-dealkylation sites (tertiary alicyclic amines) is 1. The van der Waals surface area contributed by atoms with E-state index in [1.165, 1.54) is 12.1 Å². The second-order valence-electron chi connectivity index (χ2n) is 7.25. The minimum absolute atomic E-state index is 0.0280. The molecule has 1 aromatic heterocycles. The van der Waals surface area contributed by atoms with Gasteiger partial charge in [-0.1, -0.05) is 42.5 Å². The smallest absolute Gasteiger partial charge is 0.310 e. The highest BCUT2D eigenvalue weighted by atomic mass is 16.6. The van der Waals surface area contributed by atoms with Crippen molar-refractivity contribution < 1.29 is 14.8 Å². The Labute approximate surface area is 173 Å². The van der Waals surface area contributed by atoms with Crippen molar-refractivity contribution in [2.75, 3.05) is 19.7 Å². The fourth-order valence-corrected chi connectivity index (χ4v) is 3.73. The first-order valence-electron chi connectivity index (χ1n) is 9.88. The van der Waals surface area contributed by atoms with Crippen LogP contribution in [0.1, 0.15) is 24.7 Å². The van der Waals surface area contributed by atoms with Crippen LogP contribution in [-0.4, -0.2) is 55.9 Å². The van der Waals surface area contributed by atoms with E-state index in [9.17, 15) is 15.2 Å². The lowest BCUT2D eigenvalue weighted by Gasteiger charge is -2.25. The minimum atomic E-state index is -0.790. The number of nitrogens with zero attached hydrogens (tertiary/aromatic N) is 4. The molecule has 3 aromatic rings. The van der Waals surface area contributed by atoms with E-state index in [0.717, 1.165) is 30.8 Å². The number of hydrogen-bond acceptors (Lipinski definition) is 7. The number of aromatic amines is 1. The van der Waals surface area contributed by atoms with Crippen LogP contribution in [0, 0.1) is 10.1 Å². The molecule has 2 atom stereocenters. The molecule has 0 aliphatic carbocycles. The number of aliphatic hydroxyl groups excluding tert-OH is 1. The number of ether oxygens (including phenoxy) is 1. The van der Waals surface area contributed by atoms with E-state index >= 15 is 0 Å². The Bertz CT molecular complexity index is 994. The summed E-state index contributed by atoms with van der Waals surface area (Å²) in [5.74, 6) is 1.58. The van der Waals surface area contributed by atoms with E-state index < -0.39 is 11.0 Å². The molecule has 9 nitrogen and oxygen atoms in total. The quantitative estimate of drug-likeness (QED) is 0.434. The second kappa shape index (κ2) is 9.02. The lowest BCUT2D eigenvalue weighted by Crippen LogP contribution is -2.35. The number of β-amino-alcohol motifs (C(OH)–C–C–N with tert-alkyl or cyclic N) is 1. The summed E-state index contributed by atoms with van der Waals surface area (Å²) in [4.78, 5) is 17.4. The number of aliphatic hydroxyl groups is 1. The maximum Gasteiger partial charge on any atom is 0.310 e. The number of nitro groups is 1. The van der Waals surface area contributed by atoms with Gasteiger partial charge >= 0.3 is 5.69 Å². The van der Waals surface area contributed by atoms with Gasteiger partial charge in [0.1, 0.15) is 18.5 Å². The summed E-state index contributed by atoms with van der Waals surface area (Å²) in [6.45, 7) is 1.18. The molecule has 1 aliphatic rings. The van der Waals surface area contributed by atoms with Crippen LogP contribution in [0.3, 0.4) is 0 Å². The van der Waals surface area contributed by atoms with Crippen LogP contribution in [0.4, 0.5) is 5.69 Å². The summed E-state index contributed by atoms with van der Waals surface area (Å²) in [6.07, 6.45) is 1.12. The molecular weight excluding hydrogens is 386 g/mol. The van der Waals surface area contributed by atoms with Gasteiger partial charge in [-0.25, -0.2) is 4.98 Å². The highest BCUT2D eigenvalue weighted by Gasteiger charge is 2.30. The van der Waals surface area contributed by atoms with E-state index in [-0.39, 0.29) is 24.1 Å². The zero-order valence-corrected chi connectivity index (χ0v) is 16.3. The fourth-order valence-electron chi connectivity index (χ4n) is 3.73. The van der Waals surface area contributed by atoms with Gasteiger partial charge in [0.05, 0.1) is 11.0 Å². The van der Waals surface area contributed by atoms with Crippen LogP contribution < -0.4 is 4.74 Å². The van der Waals surface area contributed by atoms with Crippen molar-refractivity contribution in [1.82, 2.24) is 20.1 Å². The molecule has 0 bridgehead atoms. The average molecular weight is 409 g/mol. The molecular formula is C21H23N5O4. The SMILES string of the molecule is O=[N+]([O-])c1ccccc1OCC(O)CN1CCCC1c1nc(-c2ccccc2)n[nH]1. The molecule has 0 spiro atoms. The zero-order chi connectivity index (χ0) is 20.9. The van der Waals surface area contributed by atoms with Crippen molar-refractivity contribution in [2.24, 2.45) is 0 Å². The Morgan fingerprint density at radius 3 is 2.80 bits per heavy atom. The molecule has 2 aromatic carbocycles. The molecule has 9 heteroatoms. The second-order valence-corrected chi connectivity index (χ2v) is 7.25. The molecule has 2 heterocycles. The van der Waals surface area contributed by atoms with Gasteiger partial charge < -0.3 is 9.84 Å². The lowest BCUT2D eigenvalue weighted by molar-refractivity contribution is -0.385. The lowest BCUT2D eigenvalue weighted by atomic mass is 10.2. The van der Waals surface area contributed by atoms with Gasteiger partial charge in [-0.15, -0.1) is 0 Å². The number of nitro benzene ring substituents is 1. The highest BCUT2D eigenvalue weighted by molar-refractivity contribution is 5.53. The molecule has 1 saturated heterocycles. The summed E-state index contributed by atoms with van der Waals surface area (Å²) >= 11 is 0. The summed E-state index contributed by atoms with van der Waals surface area (Å²) in [7, 11) is 0. The number of para-hydroxylation sites is 2. The van der Waals surface area contributed by atoms with Crippen LogP contribution in [0.25, 0.3) is 11.4 Å². The summed E-state index contributed by atoms with van der Waals surface area (Å²) < 4.78 is 5.52. The summed E-state index contributed by atoms with van der Waals surface area (Å²) in [5.41, 5.74) is 0.835. The highest BCUT2D eigenvalue weighted by Crippen LogP contribution is 2.31. The predicted molar refractivity (Wildman–Crippen MR) is 110 cm³/mol. The largest absolute Gasteiger partial charge is 0.484 e. The Morgan fingerprint density at radius 2 is 2.00 bits per heavy atom. The fraction of sp³-hybridized carbons (Fsp3) is 0.333. The maximum absolute atomic E-state index is 11.1. The topological polar surface area (TPSA) is 117 Å². The van der Waals surface area contributed by atoms with Crippen LogP contribution in [0.15, 0.2) is 54.6 Å². The number of nitrogens with one attached hydrogen (secondary N) is 1. The van der Waals surface area contributed by atoms with Gasteiger partial charge in [0.15, 0.2) is 11.6 Å². The maximum atomic E-state index is 11.1. The first kappa shape index (κ1) is 20.0. The molecule has 1 aliphatic heterocycles. The molecule has 4 rings (SSSR count). The predicted octanol–water partition coefficient (Wildman–Crippen LogP) is 2.96. The standard InChI is InChI=1S/C21H23N5O4/c27-16(14-30-19-11-5-4-9-17(19)26(28)29)13-25-12-6-10-18(25)21-22-20(23-24-21)15-7-2-1-3-8-15/h1-5,7-9,11,16,18,27H,6,10,12-14H2,(H,22,23,24). The summed E-state index contributed by atoms with van der Waals surface area (Å²) in [6, 6.07) is 16.0. The van der Waals surface area contributed by atoms with Crippen LogP contribution in [0.2, 0.25) is 0 Å². The third-order valence-corrected chi connectivity index (χ3v) is 5.15. The van der Waals surface area contributed by atoms with Crippen molar-refractivity contribution in [3.63, 3.8) is 0 Å². The van der Waals surface area contributed by atoms with E-state index in [1.54, 1.807) is 12.1 Å². The van der Waals surface area contributed by atoms with Crippen molar-refractivity contribution in [3.05, 3.63) is 70.5 Å². The first-order chi connectivity index (χ1) is 14.6. The number of rotatable bonds is 8. The van der Waals surface area contributed by atoms with Crippen molar-refractivity contribution in [3.8, 4) is 17.1 Å². The monoisotopic (exact) mass is 409 g/mol. The molecule has 156 valence electrons. The third kappa shape index (κ3) is 4.47.